The van der Waals surface area contributed by atoms with E-state index in [1.165, 1.54) is 6.26 Å². The molecule has 0 aliphatic rings. The third-order valence-electron chi connectivity index (χ3n) is 2.30. The summed E-state index contributed by atoms with van der Waals surface area (Å²) in [7, 11) is -1.38. The smallest absolute Gasteiger partial charge is 0.161 e. The van der Waals surface area contributed by atoms with Crippen LogP contribution in [0.2, 0.25) is 0 Å². The number of methoxy groups -OCH3 is 1. The van der Waals surface area contributed by atoms with Crippen molar-refractivity contribution in [2.24, 2.45) is 0 Å². The lowest BCUT2D eigenvalue weighted by Crippen LogP contribution is -2.08. The van der Waals surface area contributed by atoms with Gasteiger partial charge < -0.3 is 9.47 Å². The maximum atomic E-state index is 11.0. The molecule has 0 atom stereocenters. The number of alkyl halides is 1. The Kier molecular flexibility index (Phi) is 5.75. The summed E-state index contributed by atoms with van der Waals surface area (Å²) in [6.45, 7) is 0.329. The van der Waals surface area contributed by atoms with Gasteiger partial charge in [0.15, 0.2) is 11.5 Å². The summed E-state index contributed by atoms with van der Waals surface area (Å²) >= 11 is 5.74. The molecule has 0 aliphatic heterocycles. The zero-order chi connectivity index (χ0) is 13.6. The Bertz CT molecular complexity index is 485. The van der Waals surface area contributed by atoms with E-state index in [1.54, 1.807) is 19.2 Å². The highest BCUT2D eigenvalue weighted by atomic mass is 35.5. The van der Waals surface area contributed by atoms with Gasteiger partial charge in [-0.1, -0.05) is 6.07 Å². The molecule has 0 saturated heterocycles. The number of benzene rings is 1. The van der Waals surface area contributed by atoms with Crippen LogP contribution in [0.5, 0.6) is 11.5 Å². The monoisotopic (exact) mass is 292 g/mol. The lowest BCUT2D eigenvalue weighted by molar-refractivity contribution is 0.294. The minimum absolute atomic E-state index is 0.116. The average Bonchev–Trinajstić information content (AvgIpc) is 2.33. The van der Waals surface area contributed by atoms with Crippen molar-refractivity contribution >= 4 is 21.4 Å². The van der Waals surface area contributed by atoms with Crippen LogP contribution in [-0.4, -0.2) is 34.1 Å². The largest absolute Gasteiger partial charge is 0.493 e. The highest BCUT2D eigenvalue weighted by molar-refractivity contribution is 7.90. The molecule has 6 heteroatoms. The van der Waals surface area contributed by atoms with Gasteiger partial charge in [0.1, 0.15) is 9.84 Å². The summed E-state index contributed by atoms with van der Waals surface area (Å²) in [6, 6.07) is 5.44. The highest BCUT2D eigenvalue weighted by Gasteiger charge is 2.07. The molecule has 18 heavy (non-hydrogen) atoms. The Balaban J connectivity index is 2.60. The van der Waals surface area contributed by atoms with E-state index in [2.05, 4.69) is 0 Å². The van der Waals surface area contributed by atoms with E-state index >= 15 is 0 Å². The fourth-order valence-corrected chi connectivity index (χ4v) is 2.23. The number of ether oxygens (including phenoxy) is 2. The van der Waals surface area contributed by atoms with Crippen molar-refractivity contribution < 1.29 is 17.9 Å². The van der Waals surface area contributed by atoms with E-state index < -0.39 is 9.84 Å². The van der Waals surface area contributed by atoms with E-state index in [4.69, 9.17) is 21.1 Å². The molecule has 1 rings (SSSR count). The molecule has 1 aromatic rings. The van der Waals surface area contributed by atoms with Crippen LogP contribution in [0, 0.1) is 0 Å². The van der Waals surface area contributed by atoms with E-state index in [9.17, 15) is 8.42 Å². The molecular formula is C12H17ClO4S. The lowest BCUT2D eigenvalue weighted by Gasteiger charge is -2.11. The molecule has 0 aromatic heterocycles. The Morgan fingerprint density at radius 1 is 1.28 bits per heavy atom. The second-order valence-corrected chi connectivity index (χ2v) is 6.48. The van der Waals surface area contributed by atoms with E-state index in [0.29, 0.717) is 30.4 Å². The van der Waals surface area contributed by atoms with Crippen LogP contribution in [0.15, 0.2) is 18.2 Å². The van der Waals surface area contributed by atoms with Crippen LogP contribution in [0.25, 0.3) is 0 Å². The fraction of sp³-hybridized carbons (Fsp3) is 0.500. The van der Waals surface area contributed by atoms with Gasteiger partial charge in [0, 0.05) is 12.1 Å². The molecule has 0 radical (unpaired) electrons. The second-order valence-electron chi connectivity index (χ2n) is 3.95. The molecule has 0 amide bonds. The molecule has 102 valence electrons. The van der Waals surface area contributed by atoms with Gasteiger partial charge >= 0.3 is 0 Å². The van der Waals surface area contributed by atoms with Crippen LogP contribution in [0.4, 0.5) is 0 Å². The number of rotatable bonds is 7. The highest BCUT2D eigenvalue weighted by Crippen LogP contribution is 2.28. The summed E-state index contributed by atoms with van der Waals surface area (Å²) in [5.74, 6) is 1.71. The Labute approximate surface area is 113 Å². The van der Waals surface area contributed by atoms with Crippen molar-refractivity contribution in [3.05, 3.63) is 23.8 Å². The minimum atomic E-state index is -2.94. The minimum Gasteiger partial charge on any atom is -0.493 e. The first-order valence-corrected chi connectivity index (χ1v) is 8.09. The SMILES string of the molecule is COc1ccc(CCl)cc1OCCCS(C)(=O)=O. The van der Waals surface area contributed by atoms with Crippen molar-refractivity contribution in [1.29, 1.82) is 0 Å². The number of hydrogen-bond donors (Lipinski definition) is 0. The first kappa shape index (κ1) is 15.1. The third kappa shape index (κ3) is 5.14. The summed E-state index contributed by atoms with van der Waals surface area (Å²) < 4.78 is 32.6. The standard InChI is InChI=1S/C12H17ClO4S/c1-16-11-5-4-10(9-13)8-12(11)17-6-3-7-18(2,14)15/h4-5,8H,3,6-7,9H2,1-2H3. The molecule has 0 heterocycles. The third-order valence-corrected chi connectivity index (χ3v) is 3.64. The van der Waals surface area contributed by atoms with Crippen LogP contribution >= 0.6 is 11.6 Å². The zero-order valence-corrected chi connectivity index (χ0v) is 12.1. The van der Waals surface area contributed by atoms with Crippen LogP contribution in [0.3, 0.4) is 0 Å². The van der Waals surface area contributed by atoms with Crippen LogP contribution in [-0.2, 0) is 15.7 Å². The molecule has 0 saturated carbocycles. The van der Waals surface area contributed by atoms with Gasteiger partial charge in [-0.2, -0.15) is 0 Å². The van der Waals surface area contributed by atoms with Crippen molar-refractivity contribution in [1.82, 2.24) is 0 Å². The predicted molar refractivity (Wildman–Crippen MR) is 72.4 cm³/mol. The van der Waals surface area contributed by atoms with Crippen molar-refractivity contribution in [3.8, 4) is 11.5 Å². The second kappa shape index (κ2) is 6.85. The van der Waals surface area contributed by atoms with Crippen LogP contribution < -0.4 is 9.47 Å². The number of hydrogen-bond acceptors (Lipinski definition) is 4. The normalized spacial score (nSPS) is 11.3. The Morgan fingerprint density at radius 2 is 2.00 bits per heavy atom. The lowest BCUT2D eigenvalue weighted by atomic mass is 10.2. The molecule has 0 N–H and O–H groups in total. The van der Waals surface area contributed by atoms with Crippen LogP contribution in [0.1, 0.15) is 12.0 Å². The molecule has 0 bridgehead atoms. The van der Waals surface area contributed by atoms with Gasteiger partial charge in [0.2, 0.25) is 0 Å². The topological polar surface area (TPSA) is 52.6 Å². The number of halogens is 1. The molecule has 1 aromatic carbocycles. The van der Waals surface area contributed by atoms with Crippen molar-refractivity contribution in [2.75, 3.05) is 25.7 Å². The molecule has 0 unspecified atom stereocenters. The fourth-order valence-electron chi connectivity index (χ4n) is 1.42. The van der Waals surface area contributed by atoms with Crippen molar-refractivity contribution in [2.45, 2.75) is 12.3 Å². The quantitative estimate of drug-likeness (QED) is 0.571. The summed E-state index contributed by atoms with van der Waals surface area (Å²) in [4.78, 5) is 0. The summed E-state index contributed by atoms with van der Waals surface area (Å²) in [6.07, 6.45) is 1.66. The van der Waals surface area contributed by atoms with Gasteiger partial charge in [-0.25, -0.2) is 8.42 Å². The average molecular weight is 293 g/mol. The van der Waals surface area contributed by atoms with E-state index in [1.807, 2.05) is 6.07 Å². The van der Waals surface area contributed by atoms with E-state index in [0.717, 1.165) is 5.56 Å². The molecular weight excluding hydrogens is 276 g/mol. The van der Waals surface area contributed by atoms with Gasteiger partial charge in [0.05, 0.1) is 19.5 Å². The predicted octanol–water partition coefficient (Wildman–Crippen LogP) is 2.25. The molecule has 0 spiro atoms. The van der Waals surface area contributed by atoms with Gasteiger partial charge in [-0.3, -0.25) is 0 Å². The van der Waals surface area contributed by atoms with Gasteiger partial charge in [-0.15, -0.1) is 11.6 Å². The maximum absolute atomic E-state index is 11.0. The summed E-state index contributed by atoms with van der Waals surface area (Å²) in [5, 5.41) is 0. The van der Waals surface area contributed by atoms with Crippen molar-refractivity contribution in [3.63, 3.8) is 0 Å². The van der Waals surface area contributed by atoms with Gasteiger partial charge in [-0.05, 0) is 24.1 Å². The first-order valence-electron chi connectivity index (χ1n) is 5.49. The molecule has 0 fully saturated rings. The molecule has 4 nitrogen and oxygen atoms in total. The van der Waals surface area contributed by atoms with E-state index in [-0.39, 0.29) is 5.75 Å². The maximum Gasteiger partial charge on any atom is 0.161 e. The first-order chi connectivity index (χ1) is 8.46. The Morgan fingerprint density at radius 3 is 2.56 bits per heavy atom. The zero-order valence-electron chi connectivity index (χ0n) is 10.5. The summed E-state index contributed by atoms with van der Waals surface area (Å²) in [5.41, 5.74) is 0.926. The van der Waals surface area contributed by atoms with Gasteiger partial charge in [0.25, 0.3) is 0 Å². The molecule has 0 aliphatic carbocycles. The number of sulfone groups is 1. The Hall–Kier alpha value is -0.940.